The zero-order valence-electron chi connectivity index (χ0n) is 25.1. The van der Waals surface area contributed by atoms with Crippen molar-refractivity contribution in [2.24, 2.45) is 5.92 Å². The zero-order chi connectivity index (χ0) is 29.5. The van der Waals surface area contributed by atoms with Gasteiger partial charge in [-0.25, -0.2) is 13.9 Å². The number of methoxy groups -OCH3 is 1. The van der Waals surface area contributed by atoms with E-state index in [2.05, 4.69) is 33.8 Å². The molecule has 41 heavy (non-hydrogen) atoms. The molecule has 3 aromatic rings. The van der Waals surface area contributed by atoms with E-state index in [-0.39, 0.29) is 24.5 Å². The van der Waals surface area contributed by atoms with E-state index in [1.165, 1.54) is 4.90 Å². The minimum atomic E-state index is -1.22. The molecule has 5 rings (SSSR count). The molecular weight excluding hydrogens is 527 g/mol. The average molecular weight is 569 g/mol. The molecule has 3 unspecified atom stereocenters. The predicted molar refractivity (Wildman–Crippen MR) is 155 cm³/mol. The molecule has 1 aromatic carbocycles. The number of benzene rings is 1. The van der Waals surface area contributed by atoms with Crippen molar-refractivity contribution >= 4 is 22.8 Å². The quantitative estimate of drug-likeness (QED) is 0.431. The van der Waals surface area contributed by atoms with Crippen molar-refractivity contribution < 1.29 is 23.4 Å². The highest BCUT2D eigenvalue weighted by Gasteiger charge is 2.35. The van der Waals surface area contributed by atoms with Gasteiger partial charge < -0.3 is 24.0 Å². The van der Waals surface area contributed by atoms with Gasteiger partial charge in [-0.2, -0.15) is 15.1 Å². The van der Waals surface area contributed by atoms with E-state index in [0.29, 0.717) is 44.5 Å². The van der Waals surface area contributed by atoms with E-state index in [1.807, 2.05) is 45.9 Å². The van der Waals surface area contributed by atoms with E-state index < -0.39 is 17.9 Å². The second-order valence-electron chi connectivity index (χ2n) is 12.2. The van der Waals surface area contributed by atoms with Crippen LogP contribution in [0, 0.1) is 12.8 Å². The van der Waals surface area contributed by atoms with Crippen molar-refractivity contribution in [3.05, 3.63) is 35.5 Å². The molecule has 2 aliphatic heterocycles. The number of aromatic nitrogens is 4. The maximum atomic E-state index is 15.6. The van der Waals surface area contributed by atoms with Crippen molar-refractivity contribution in [2.45, 2.75) is 71.7 Å². The Kier molecular flexibility index (Phi) is 8.09. The van der Waals surface area contributed by atoms with Crippen LogP contribution >= 0.6 is 0 Å². The van der Waals surface area contributed by atoms with Crippen LogP contribution in [0.4, 0.5) is 15.0 Å². The van der Waals surface area contributed by atoms with Gasteiger partial charge in [-0.05, 0) is 70.2 Å². The van der Waals surface area contributed by atoms with Gasteiger partial charge in [0.1, 0.15) is 17.6 Å². The number of rotatable bonds is 4. The van der Waals surface area contributed by atoms with E-state index in [0.717, 1.165) is 27.8 Å². The molecule has 11 heteroatoms. The summed E-state index contributed by atoms with van der Waals surface area (Å²) in [7, 11) is 1.55. The number of carbonyl (C=O) groups is 1. The Morgan fingerprint density at radius 2 is 1.88 bits per heavy atom. The molecule has 4 atom stereocenters. The number of halogens is 1. The van der Waals surface area contributed by atoms with Crippen LogP contribution in [0.5, 0.6) is 6.01 Å². The van der Waals surface area contributed by atoms with Gasteiger partial charge in [-0.3, -0.25) is 0 Å². The molecule has 2 aromatic heterocycles. The van der Waals surface area contributed by atoms with Gasteiger partial charge in [0.15, 0.2) is 5.82 Å². The summed E-state index contributed by atoms with van der Waals surface area (Å²) in [5.41, 5.74) is 2.09. The first-order chi connectivity index (χ1) is 19.4. The summed E-state index contributed by atoms with van der Waals surface area (Å²) in [4.78, 5) is 25.5. The summed E-state index contributed by atoms with van der Waals surface area (Å²) in [6, 6.07) is 6.42. The van der Waals surface area contributed by atoms with Gasteiger partial charge in [0.25, 0.3) is 0 Å². The highest BCUT2D eigenvalue weighted by Crippen LogP contribution is 2.36. The summed E-state index contributed by atoms with van der Waals surface area (Å²) in [5.74, 6) is 1.29. The van der Waals surface area contributed by atoms with Crippen molar-refractivity contribution in [2.75, 3.05) is 44.9 Å². The highest BCUT2D eigenvalue weighted by atomic mass is 19.1. The standard InChI is InChI=1S/C30H41FN6O4/c1-18-12-21-15-32-37(27-14-26(33-28(34-27)39-7)36-10-11-40-17-19(2)20(36)3)25(21)13-23(18)22-8-9-35(16-24(22)31)29(38)41-30(4,5)6/h12-15,19-20,22,24H,8-11,16-17H2,1-7H3/t19?,20-,22?,24?/m1/s1. The molecule has 2 fully saturated rings. The third-order valence-corrected chi connectivity index (χ3v) is 8.09. The molecule has 0 spiro atoms. The van der Waals surface area contributed by atoms with E-state index in [1.54, 1.807) is 18.0 Å². The van der Waals surface area contributed by atoms with Crippen LogP contribution in [0.25, 0.3) is 16.7 Å². The molecule has 1 amide bonds. The Hall–Kier alpha value is -3.47. The summed E-state index contributed by atoms with van der Waals surface area (Å²) in [6.45, 7) is 14.2. The fraction of sp³-hybridized carbons (Fsp3) is 0.600. The number of alkyl halides is 1. The van der Waals surface area contributed by atoms with Gasteiger partial charge in [0.2, 0.25) is 0 Å². The third kappa shape index (κ3) is 6.10. The molecule has 222 valence electrons. The molecule has 0 aliphatic carbocycles. The van der Waals surface area contributed by atoms with Crippen LogP contribution in [0.3, 0.4) is 0 Å². The van der Waals surface area contributed by atoms with Gasteiger partial charge in [-0.15, -0.1) is 0 Å². The molecule has 0 bridgehead atoms. The Labute approximate surface area is 240 Å². The minimum absolute atomic E-state index is 0.00105. The normalized spacial score (nSPS) is 23.9. The summed E-state index contributed by atoms with van der Waals surface area (Å²) in [6.07, 6.45) is 0.600. The number of carbonyl (C=O) groups excluding carboxylic acids is 1. The third-order valence-electron chi connectivity index (χ3n) is 8.09. The number of ether oxygens (including phenoxy) is 3. The number of hydrogen-bond acceptors (Lipinski definition) is 8. The number of amides is 1. The molecule has 2 saturated heterocycles. The Balaban J connectivity index is 1.47. The summed E-state index contributed by atoms with van der Waals surface area (Å²) >= 11 is 0. The van der Waals surface area contributed by atoms with Crippen LogP contribution in [-0.2, 0) is 9.47 Å². The van der Waals surface area contributed by atoms with E-state index in [4.69, 9.17) is 14.2 Å². The first kappa shape index (κ1) is 29.0. The van der Waals surface area contributed by atoms with Crippen LogP contribution < -0.4 is 9.64 Å². The van der Waals surface area contributed by atoms with Crippen molar-refractivity contribution in [3.63, 3.8) is 0 Å². The number of hydrogen-bond donors (Lipinski definition) is 0. The van der Waals surface area contributed by atoms with Crippen LogP contribution in [0.2, 0.25) is 0 Å². The van der Waals surface area contributed by atoms with Gasteiger partial charge in [0, 0.05) is 36.5 Å². The molecule has 0 N–H and O–H groups in total. The molecule has 0 radical (unpaired) electrons. The summed E-state index contributed by atoms with van der Waals surface area (Å²) in [5, 5.41) is 5.59. The second-order valence-corrected chi connectivity index (χ2v) is 12.2. The van der Waals surface area contributed by atoms with Gasteiger partial charge in [0.05, 0.1) is 38.6 Å². The second kappa shape index (κ2) is 11.4. The number of piperidine rings is 1. The number of anilines is 1. The Morgan fingerprint density at radius 3 is 2.59 bits per heavy atom. The number of likely N-dealkylation sites (tertiary alicyclic amines) is 1. The maximum Gasteiger partial charge on any atom is 0.410 e. The van der Waals surface area contributed by atoms with E-state index >= 15 is 4.39 Å². The zero-order valence-corrected chi connectivity index (χ0v) is 25.1. The summed E-state index contributed by atoms with van der Waals surface area (Å²) < 4.78 is 34.1. The number of aryl methyl sites for hydroxylation is 1. The molecule has 4 heterocycles. The topological polar surface area (TPSA) is 94.8 Å². The lowest BCUT2D eigenvalue weighted by atomic mass is 9.85. The minimum Gasteiger partial charge on any atom is -0.467 e. The van der Waals surface area contributed by atoms with Crippen LogP contribution in [-0.4, -0.2) is 88.5 Å². The number of nitrogens with zero attached hydrogens (tertiary/aromatic N) is 6. The molecule has 2 aliphatic rings. The first-order valence-electron chi connectivity index (χ1n) is 14.3. The fourth-order valence-electron chi connectivity index (χ4n) is 5.69. The largest absolute Gasteiger partial charge is 0.467 e. The van der Waals surface area contributed by atoms with Crippen molar-refractivity contribution in [3.8, 4) is 11.8 Å². The monoisotopic (exact) mass is 568 g/mol. The fourth-order valence-corrected chi connectivity index (χ4v) is 5.69. The van der Waals surface area contributed by atoms with Crippen LogP contribution in [0.1, 0.15) is 58.1 Å². The van der Waals surface area contributed by atoms with Crippen molar-refractivity contribution in [1.82, 2.24) is 24.6 Å². The Morgan fingerprint density at radius 1 is 1.12 bits per heavy atom. The number of fused-ring (bicyclic) bond motifs is 1. The lowest BCUT2D eigenvalue weighted by Gasteiger charge is -2.36. The Bertz CT molecular complexity index is 1410. The lowest BCUT2D eigenvalue weighted by Crippen LogP contribution is -2.46. The highest BCUT2D eigenvalue weighted by molar-refractivity contribution is 5.82. The van der Waals surface area contributed by atoms with Crippen molar-refractivity contribution in [1.29, 1.82) is 0 Å². The van der Waals surface area contributed by atoms with Gasteiger partial charge >= 0.3 is 12.1 Å². The van der Waals surface area contributed by atoms with E-state index in [9.17, 15) is 4.79 Å². The average Bonchev–Trinajstić information content (AvgIpc) is 3.25. The van der Waals surface area contributed by atoms with Crippen LogP contribution in [0.15, 0.2) is 24.4 Å². The maximum absolute atomic E-state index is 15.6. The SMILES string of the molecule is COc1nc(N2CCOCC(C)[C@H]2C)cc(-n2ncc3cc(C)c(C4CCN(C(=O)OC(C)(C)C)CC4F)cc32)n1. The molecular formula is C30H41FN6O4. The predicted octanol–water partition coefficient (Wildman–Crippen LogP) is 5.06. The molecule has 0 saturated carbocycles. The first-order valence-corrected chi connectivity index (χ1v) is 14.3. The molecule has 10 nitrogen and oxygen atoms in total. The lowest BCUT2D eigenvalue weighted by molar-refractivity contribution is 0.0111. The van der Waals surface area contributed by atoms with Gasteiger partial charge in [-0.1, -0.05) is 6.92 Å². The smallest absolute Gasteiger partial charge is 0.410 e.